The molecule has 4 heteroatoms. The Morgan fingerprint density at radius 3 is 2.57 bits per heavy atom. The second-order valence-corrected chi connectivity index (χ2v) is 6.04. The summed E-state index contributed by atoms with van der Waals surface area (Å²) in [5.74, 6) is 0. The number of piperazine rings is 1. The van der Waals surface area contributed by atoms with Crippen LogP contribution < -0.4 is 5.32 Å². The third-order valence-corrected chi connectivity index (χ3v) is 4.49. The van der Waals surface area contributed by atoms with E-state index in [4.69, 9.17) is 0 Å². The molecule has 21 heavy (non-hydrogen) atoms. The van der Waals surface area contributed by atoms with Crippen molar-refractivity contribution in [3.8, 4) is 0 Å². The van der Waals surface area contributed by atoms with Gasteiger partial charge in [0.05, 0.1) is 0 Å². The minimum absolute atomic E-state index is 0.933. The van der Waals surface area contributed by atoms with E-state index in [2.05, 4.69) is 57.2 Å². The number of fused-ring (bicyclic) bond motifs is 1. The van der Waals surface area contributed by atoms with Gasteiger partial charge in [-0.15, -0.1) is 0 Å². The molecule has 114 valence electrons. The highest BCUT2D eigenvalue weighted by Gasteiger charge is 2.14. The summed E-state index contributed by atoms with van der Waals surface area (Å²) in [4.78, 5) is 4.99. The summed E-state index contributed by atoms with van der Waals surface area (Å²) in [6.45, 7) is 7.93. The maximum Gasteiger partial charge on any atom is 0.0484 e. The van der Waals surface area contributed by atoms with Crippen molar-refractivity contribution in [1.82, 2.24) is 19.7 Å². The molecule has 1 N–H and O–H groups in total. The molecule has 1 aliphatic heterocycles. The zero-order valence-corrected chi connectivity index (χ0v) is 13.2. The molecule has 1 aliphatic rings. The van der Waals surface area contributed by atoms with Crippen LogP contribution in [0.15, 0.2) is 30.5 Å². The number of nitrogens with zero attached hydrogens (tertiary/aromatic N) is 3. The monoisotopic (exact) mass is 286 g/mol. The van der Waals surface area contributed by atoms with E-state index in [0.717, 1.165) is 19.6 Å². The van der Waals surface area contributed by atoms with Crippen molar-refractivity contribution in [1.29, 1.82) is 0 Å². The second kappa shape index (κ2) is 6.60. The molecule has 0 radical (unpaired) electrons. The molecule has 0 amide bonds. The molecule has 1 aromatic heterocycles. The zero-order chi connectivity index (χ0) is 14.7. The summed E-state index contributed by atoms with van der Waals surface area (Å²) in [6.07, 6.45) is 2.32. The molecular formula is C17H26N4. The van der Waals surface area contributed by atoms with Crippen molar-refractivity contribution in [2.75, 3.05) is 46.8 Å². The molecule has 1 saturated heterocycles. The molecule has 0 bridgehead atoms. The lowest BCUT2D eigenvalue weighted by atomic mass is 10.2. The zero-order valence-electron chi connectivity index (χ0n) is 13.2. The number of aromatic nitrogens is 1. The van der Waals surface area contributed by atoms with E-state index < -0.39 is 0 Å². The standard InChI is InChI=1S/C17H26N4/c1-18-13-15-14-21(17-6-4-3-5-16(15)17)12-11-20-9-7-19(2)8-10-20/h3-6,14,18H,7-13H2,1-2H3. The van der Waals surface area contributed by atoms with E-state index in [1.54, 1.807) is 0 Å². The number of hydrogen-bond acceptors (Lipinski definition) is 3. The van der Waals surface area contributed by atoms with Crippen LogP contribution in [0.2, 0.25) is 0 Å². The molecule has 0 unspecified atom stereocenters. The van der Waals surface area contributed by atoms with Crippen LogP contribution >= 0.6 is 0 Å². The third kappa shape index (κ3) is 3.28. The van der Waals surface area contributed by atoms with Crippen LogP contribution in [0.3, 0.4) is 0 Å². The molecule has 2 aromatic rings. The maximum absolute atomic E-state index is 3.27. The minimum atomic E-state index is 0.933. The van der Waals surface area contributed by atoms with Gasteiger partial charge in [-0.25, -0.2) is 0 Å². The number of likely N-dealkylation sites (N-methyl/N-ethyl adjacent to an activating group) is 1. The predicted molar refractivity (Wildman–Crippen MR) is 88.6 cm³/mol. The molecule has 0 saturated carbocycles. The third-order valence-electron chi connectivity index (χ3n) is 4.49. The van der Waals surface area contributed by atoms with Crippen molar-refractivity contribution < 1.29 is 0 Å². The van der Waals surface area contributed by atoms with Gasteiger partial charge in [0.1, 0.15) is 0 Å². The first kappa shape index (κ1) is 14.6. The molecule has 4 nitrogen and oxygen atoms in total. The highest BCUT2D eigenvalue weighted by Crippen LogP contribution is 2.21. The molecule has 2 heterocycles. The first-order valence-electron chi connectivity index (χ1n) is 7.90. The van der Waals surface area contributed by atoms with Crippen molar-refractivity contribution in [2.24, 2.45) is 0 Å². The summed E-state index contributed by atoms with van der Waals surface area (Å²) in [5.41, 5.74) is 2.75. The number of nitrogens with one attached hydrogen (secondary N) is 1. The van der Waals surface area contributed by atoms with Crippen LogP contribution in [0.1, 0.15) is 5.56 Å². The number of para-hydroxylation sites is 1. The Morgan fingerprint density at radius 2 is 1.81 bits per heavy atom. The fourth-order valence-electron chi connectivity index (χ4n) is 3.16. The van der Waals surface area contributed by atoms with E-state index in [1.165, 1.54) is 42.6 Å². The largest absolute Gasteiger partial charge is 0.346 e. The number of benzene rings is 1. The Labute approximate surface area is 127 Å². The van der Waals surface area contributed by atoms with Crippen LogP contribution in [0, 0.1) is 0 Å². The normalized spacial score (nSPS) is 17.6. The Bertz CT molecular complexity index is 581. The summed E-state index contributed by atoms with van der Waals surface area (Å²) in [5, 5.41) is 4.65. The van der Waals surface area contributed by atoms with Gasteiger partial charge in [-0.1, -0.05) is 18.2 Å². The molecule has 1 aromatic carbocycles. The van der Waals surface area contributed by atoms with Crippen molar-refractivity contribution in [2.45, 2.75) is 13.1 Å². The quantitative estimate of drug-likeness (QED) is 0.903. The smallest absolute Gasteiger partial charge is 0.0484 e. The van der Waals surface area contributed by atoms with Gasteiger partial charge in [0.15, 0.2) is 0 Å². The van der Waals surface area contributed by atoms with Crippen molar-refractivity contribution in [3.05, 3.63) is 36.0 Å². The summed E-state index contributed by atoms with van der Waals surface area (Å²) in [7, 11) is 4.22. The van der Waals surface area contributed by atoms with Crippen LogP contribution in [0.25, 0.3) is 10.9 Å². The fraction of sp³-hybridized carbons (Fsp3) is 0.529. The molecule has 1 fully saturated rings. The maximum atomic E-state index is 3.27. The average molecular weight is 286 g/mol. The van der Waals surface area contributed by atoms with Crippen molar-refractivity contribution >= 4 is 10.9 Å². The van der Waals surface area contributed by atoms with E-state index in [9.17, 15) is 0 Å². The van der Waals surface area contributed by atoms with Gasteiger partial charge in [0.2, 0.25) is 0 Å². The first-order valence-corrected chi connectivity index (χ1v) is 7.90. The van der Waals surface area contributed by atoms with Crippen LogP contribution in [-0.2, 0) is 13.1 Å². The van der Waals surface area contributed by atoms with Gasteiger partial charge in [0.25, 0.3) is 0 Å². The molecule has 3 rings (SSSR count). The fourth-order valence-corrected chi connectivity index (χ4v) is 3.16. The second-order valence-electron chi connectivity index (χ2n) is 6.04. The lowest BCUT2D eigenvalue weighted by molar-refractivity contribution is 0.150. The van der Waals surface area contributed by atoms with Gasteiger partial charge in [-0.05, 0) is 25.7 Å². The van der Waals surface area contributed by atoms with Gasteiger partial charge < -0.3 is 14.8 Å². The minimum Gasteiger partial charge on any atom is -0.346 e. The van der Waals surface area contributed by atoms with Crippen LogP contribution in [-0.4, -0.2) is 61.2 Å². The molecular weight excluding hydrogens is 260 g/mol. The topological polar surface area (TPSA) is 23.4 Å². The van der Waals surface area contributed by atoms with Crippen LogP contribution in [0.5, 0.6) is 0 Å². The van der Waals surface area contributed by atoms with Crippen molar-refractivity contribution in [3.63, 3.8) is 0 Å². The first-order chi connectivity index (χ1) is 10.3. The Hall–Kier alpha value is -1.36. The Balaban J connectivity index is 1.71. The van der Waals surface area contributed by atoms with Gasteiger partial charge >= 0.3 is 0 Å². The van der Waals surface area contributed by atoms with E-state index in [1.807, 2.05) is 7.05 Å². The Morgan fingerprint density at radius 1 is 1.05 bits per heavy atom. The lowest BCUT2D eigenvalue weighted by Crippen LogP contribution is -2.45. The van der Waals surface area contributed by atoms with E-state index in [0.29, 0.717) is 0 Å². The predicted octanol–water partition coefficient (Wildman–Crippen LogP) is 1.61. The summed E-state index contributed by atoms with van der Waals surface area (Å²) < 4.78 is 2.42. The highest BCUT2D eigenvalue weighted by atomic mass is 15.2. The number of rotatable bonds is 5. The van der Waals surface area contributed by atoms with Gasteiger partial charge in [-0.2, -0.15) is 0 Å². The number of hydrogen-bond donors (Lipinski definition) is 1. The summed E-state index contributed by atoms with van der Waals surface area (Å²) in [6, 6.07) is 8.73. The highest BCUT2D eigenvalue weighted by molar-refractivity contribution is 5.83. The van der Waals surface area contributed by atoms with E-state index >= 15 is 0 Å². The van der Waals surface area contributed by atoms with E-state index in [-0.39, 0.29) is 0 Å². The molecule has 0 aliphatic carbocycles. The average Bonchev–Trinajstić information content (AvgIpc) is 2.86. The van der Waals surface area contributed by atoms with Gasteiger partial charge in [-0.3, -0.25) is 4.90 Å². The SMILES string of the molecule is CNCc1cn(CCN2CCN(C)CC2)c2ccccc12. The Kier molecular flexibility index (Phi) is 4.58. The summed E-state index contributed by atoms with van der Waals surface area (Å²) >= 11 is 0. The van der Waals surface area contributed by atoms with Crippen LogP contribution in [0.4, 0.5) is 0 Å². The lowest BCUT2D eigenvalue weighted by Gasteiger charge is -2.32. The molecule has 0 spiro atoms. The molecule has 0 atom stereocenters. The van der Waals surface area contributed by atoms with Gasteiger partial charge in [0, 0.05) is 62.9 Å².